The lowest BCUT2D eigenvalue weighted by molar-refractivity contribution is 0.0712. The molecule has 0 spiro atoms. The molecule has 4 nitrogen and oxygen atoms in total. The van der Waals surface area contributed by atoms with Gasteiger partial charge in [0.05, 0.1) is 17.7 Å². The second-order valence-corrected chi connectivity index (χ2v) is 4.55. The highest BCUT2D eigenvalue weighted by Crippen LogP contribution is 2.17. The van der Waals surface area contributed by atoms with Crippen LogP contribution in [0.5, 0.6) is 0 Å². The number of ether oxygens (including phenoxy) is 1. The smallest absolute Gasteiger partial charge is 0.253 e. The molecular formula is C13H17FN2O2. The first-order valence-electron chi connectivity index (χ1n) is 6.05. The van der Waals surface area contributed by atoms with Crippen LogP contribution in [0.2, 0.25) is 0 Å². The Balaban J connectivity index is 2.04. The summed E-state index contributed by atoms with van der Waals surface area (Å²) in [5, 5.41) is 2.80. The Hall–Kier alpha value is -1.62. The van der Waals surface area contributed by atoms with Crippen LogP contribution in [-0.4, -0.2) is 24.7 Å². The number of carbonyl (C=O) groups is 1. The van der Waals surface area contributed by atoms with Gasteiger partial charge in [0, 0.05) is 12.3 Å². The lowest BCUT2D eigenvalue weighted by atomic mass is 10.1. The lowest BCUT2D eigenvalue weighted by Gasteiger charge is -2.20. The molecule has 2 rings (SSSR count). The zero-order valence-electron chi connectivity index (χ0n) is 10.3. The van der Waals surface area contributed by atoms with E-state index in [0.717, 1.165) is 25.5 Å². The van der Waals surface area contributed by atoms with E-state index in [9.17, 15) is 9.18 Å². The van der Waals surface area contributed by atoms with Crippen molar-refractivity contribution in [2.45, 2.75) is 31.9 Å². The van der Waals surface area contributed by atoms with Crippen molar-refractivity contribution in [3.8, 4) is 0 Å². The highest BCUT2D eigenvalue weighted by molar-refractivity contribution is 5.99. The van der Waals surface area contributed by atoms with Crippen LogP contribution in [0.4, 0.5) is 10.1 Å². The summed E-state index contributed by atoms with van der Waals surface area (Å²) in [4.78, 5) is 12.0. The monoisotopic (exact) mass is 252 g/mol. The van der Waals surface area contributed by atoms with E-state index in [0.29, 0.717) is 0 Å². The topological polar surface area (TPSA) is 64.4 Å². The molecule has 5 heteroatoms. The average Bonchev–Trinajstić information content (AvgIpc) is 2.85. The van der Waals surface area contributed by atoms with E-state index in [2.05, 4.69) is 5.32 Å². The van der Waals surface area contributed by atoms with Crippen molar-refractivity contribution in [2.24, 2.45) is 0 Å². The fourth-order valence-corrected chi connectivity index (χ4v) is 2.10. The minimum absolute atomic E-state index is 0.0312. The summed E-state index contributed by atoms with van der Waals surface area (Å²) in [7, 11) is 0. The minimum atomic E-state index is -0.473. The third-order valence-corrected chi connectivity index (χ3v) is 3.14. The van der Waals surface area contributed by atoms with Crippen molar-refractivity contribution in [3.63, 3.8) is 0 Å². The van der Waals surface area contributed by atoms with Crippen LogP contribution >= 0.6 is 0 Å². The first-order chi connectivity index (χ1) is 8.58. The molecule has 1 heterocycles. The predicted molar refractivity (Wildman–Crippen MR) is 66.7 cm³/mol. The highest BCUT2D eigenvalue weighted by Gasteiger charge is 2.24. The van der Waals surface area contributed by atoms with Crippen molar-refractivity contribution in [1.82, 2.24) is 5.32 Å². The van der Waals surface area contributed by atoms with Crippen molar-refractivity contribution in [2.75, 3.05) is 12.3 Å². The quantitative estimate of drug-likeness (QED) is 0.805. The minimum Gasteiger partial charge on any atom is -0.398 e. The summed E-state index contributed by atoms with van der Waals surface area (Å²) < 4.78 is 18.6. The molecular weight excluding hydrogens is 235 g/mol. The van der Waals surface area contributed by atoms with E-state index in [-0.39, 0.29) is 29.3 Å². The molecule has 0 aromatic heterocycles. The van der Waals surface area contributed by atoms with Gasteiger partial charge in [0.2, 0.25) is 0 Å². The molecule has 2 atom stereocenters. The van der Waals surface area contributed by atoms with E-state index < -0.39 is 5.82 Å². The van der Waals surface area contributed by atoms with E-state index >= 15 is 0 Å². The van der Waals surface area contributed by atoms with Crippen molar-refractivity contribution in [3.05, 3.63) is 29.6 Å². The second-order valence-electron chi connectivity index (χ2n) is 4.55. The molecule has 0 aliphatic carbocycles. The second kappa shape index (κ2) is 5.35. The van der Waals surface area contributed by atoms with Crippen LogP contribution in [-0.2, 0) is 4.74 Å². The van der Waals surface area contributed by atoms with Gasteiger partial charge in [-0.05, 0) is 38.0 Å². The van der Waals surface area contributed by atoms with Crippen LogP contribution in [0, 0.1) is 5.82 Å². The summed E-state index contributed by atoms with van der Waals surface area (Å²) in [5.41, 5.74) is 6.10. The van der Waals surface area contributed by atoms with Gasteiger partial charge in [-0.25, -0.2) is 4.39 Å². The maximum atomic E-state index is 13.1. The Kier molecular flexibility index (Phi) is 3.81. The van der Waals surface area contributed by atoms with Crippen LogP contribution < -0.4 is 11.1 Å². The van der Waals surface area contributed by atoms with Gasteiger partial charge < -0.3 is 15.8 Å². The molecule has 1 aromatic rings. The summed E-state index contributed by atoms with van der Waals surface area (Å²) in [6, 6.07) is 3.66. The molecule has 0 saturated carbocycles. The molecule has 1 saturated heterocycles. The standard InChI is InChI=1S/C13H17FN2O2/c1-8(12-3-2-6-18-12)16-13(17)10-7-9(14)4-5-11(10)15/h4-5,7-8,12H,2-3,6,15H2,1H3,(H,16,17). The number of rotatable bonds is 3. The summed E-state index contributed by atoms with van der Waals surface area (Å²) >= 11 is 0. The number of amides is 1. The number of anilines is 1. The predicted octanol–water partition coefficient (Wildman–Crippen LogP) is 1.71. The molecule has 0 radical (unpaired) electrons. The van der Waals surface area contributed by atoms with Gasteiger partial charge in [-0.15, -0.1) is 0 Å². The first-order valence-corrected chi connectivity index (χ1v) is 6.05. The number of hydrogen-bond donors (Lipinski definition) is 2. The normalized spacial score (nSPS) is 20.7. The molecule has 1 aromatic carbocycles. The molecule has 1 fully saturated rings. The Bertz CT molecular complexity index is 445. The Labute approximate surface area is 105 Å². The Morgan fingerprint density at radius 3 is 3.06 bits per heavy atom. The maximum absolute atomic E-state index is 13.1. The zero-order chi connectivity index (χ0) is 13.1. The Morgan fingerprint density at radius 2 is 2.39 bits per heavy atom. The number of halogens is 1. The van der Waals surface area contributed by atoms with Crippen LogP contribution in [0.1, 0.15) is 30.1 Å². The molecule has 98 valence electrons. The molecule has 18 heavy (non-hydrogen) atoms. The zero-order valence-corrected chi connectivity index (χ0v) is 10.3. The summed E-state index contributed by atoms with van der Waals surface area (Å²) in [6.45, 7) is 2.61. The number of benzene rings is 1. The first kappa shape index (κ1) is 12.8. The molecule has 1 amide bonds. The van der Waals surface area contributed by atoms with E-state index in [1.807, 2.05) is 6.92 Å². The van der Waals surface area contributed by atoms with Gasteiger partial charge in [-0.3, -0.25) is 4.79 Å². The fraction of sp³-hybridized carbons (Fsp3) is 0.462. The van der Waals surface area contributed by atoms with Gasteiger partial charge >= 0.3 is 0 Å². The molecule has 1 aliphatic rings. The van der Waals surface area contributed by atoms with Gasteiger partial charge in [0.1, 0.15) is 5.82 Å². The summed E-state index contributed by atoms with van der Waals surface area (Å²) in [5.74, 6) is -0.839. The van der Waals surface area contributed by atoms with Gasteiger partial charge in [0.15, 0.2) is 0 Å². The largest absolute Gasteiger partial charge is 0.398 e. The number of nitrogens with one attached hydrogen (secondary N) is 1. The van der Waals surface area contributed by atoms with E-state index in [1.165, 1.54) is 12.1 Å². The van der Waals surface area contributed by atoms with E-state index in [1.54, 1.807) is 0 Å². The maximum Gasteiger partial charge on any atom is 0.253 e. The lowest BCUT2D eigenvalue weighted by Crippen LogP contribution is -2.41. The molecule has 3 N–H and O–H groups in total. The molecule has 1 aliphatic heterocycles. The highest BCUT2D eigenvalue weighted by atomic mass is 19.1. The number of nitrogen functional groups attached to an aromatic ring is 1. The van der Waals surface area contributed by atoms with Crippen LogP contribution in [0.15, 0.2) is 18.2 Å². The third kappa shape index (κ3) is 2.79. The van der Waals surface area contributed by atoms with Crippen molar-refractivity contribution in [1.29, 1.82) is 0 Å². The van der Waals surface area contributed by atoms with Gasteiger partial charge in [-0.1, -0.05) is 0 Å². The number of hydrogen-bond acceptors (Lipinski definition) is 3. The van der Waals surface area contributed by atoms with Crippen LogP contribution in [0.3, 0.4) is 0 Å². The Morgan fingerprint density at radius 1 is 1.61 bits per heavy atom. The van der Waals surface area contributed by atoms with E-state index in [4.69, 9.17) is 10.5 Å². The average molecular weight is 252 g/mol. The molecule has 0 bridgehead atoms. The third-order valence-electron chi connectivity index (χ3n) is 3.14. The number of carbonyl (C=O) groups excluding carboxylic acids is 1. The fourth-order valence-electron chi connectivity index (χ4n) is 2.10. The number of nitrogens with two attached hydrogens (primary N) is 1. The van der Waals surface area contributed by atoms with Crippen molar-refractivity contribution < 1.29 is 13.9 Å². The molecule has 2 unspecified atom stereocenters. The van der Waals surface area contributed by atoms with Crippen LogP contribution in [0.25, 0.3) is 0 Å². The summed E-state index contributed by atoms with van der Waals surface area (Å²) in [6.07, 6.45) is 1.97. The van der Waals surface area contributed by atoms with Crippen molar-refractivity contribution >= 4 is 11.6 Å². The SMILES string of the molecule is CC(NC(=O)c1cc(F)ccc1N)C1CCCO1. The van der Waals surface area contributed by atoms with Gasteiger partial charge in [0.25, 0.3) is 5.91 Å². The van der Waals surface area contributed by atoms with Gasteiger partial charge in [-0.2, -0.15) is 0 Å².